The molecular weight excluding hydrogens is 291 g/mol. The highest BCUT2D eigenvalue weighted by atomic mass is 127. The molecule has 1 unspecified atom stereocenters. The Kier molecular flexibility index (Phi) is 5.20. The average Bonchev–Trinajstić information content (AvgIpc) is 2.19. The second kappa shape index (κ2) is 5.93. The van der Waals surface area contributed by atoms with Crippen LogP contribution in [0.5, 0.6) is 0 Å². The number of hydrogen-bond acceptors (Lipinski definition) is 2. The van der Waals surface area contributed by atoms with E-state index in [-0.39, 0.29) is 16.0 Å². The predicted octanol–water partition coefficient (Wildman–Crippen LogP) is 3.53. The monoisotopic (exact) mass is 310 g/mol. The molecule has 1 fully saturated rings. The van der Waals surface area contributed by atoms with Gasteiger partial charge >= 0.3 is 5.97 Å². The van der Waals surface area contributed by atoms with E-state index >= 15 is 0 Å². The van der Waals surface area contributed by atoms with Gasteiger partial charge in [-0.15, -0.1) is 0 Å². The zero-order valence-corrected chi connectivity index (χ0v) is 11.1. The fraction of sp³-hybridized carbons (Fsp3) is 0.909. The maximum atomic E-state index is 11.7. The summed E-state index contributed by atoms with van der Waals surface area (Å²) in [5.74, 6) is 0.612. The van der Waals surface area contributed by atoms with Crippen LogP contribution in [0.4, 0.5) is 0 Å². The van der Waals surface area contributed by atoms with Gasteiger partial charge in [0.05, 0.1) is 5.92 Å². The number of carbonyl (C=O) groups excluding carboxylic acids is 1. The van der Waals surface area contributed by atoms with Crippen LogP contribution in [0.2, 0.25) is 0 Å². The van der Waals surface area contributed by atoms with Gasteiger partial charge in [-0.1, -0.05) is 33.1 Å². The van der Waals surface area contributed by atoms with Crippen LogP contribution in [-0.4, -0.2) is 10.1 Å². The molecule has 1 saturated carbocycles. The highest BCUT2D eigenvalue weighted by Crippen LogP contribution is 2.26. The zero-order chi connectivity index (χ0) is 10.6. The van der Waals surface area contributed by atoms with Gasteiger partial charge in [-0.25, -0.2) is 0 Å². The molecule has 0 aliphatic heterocycles. The van der Waals surface area contributed by atoms with E-state index in [0.717, 1.165) is 12.8 Å². The van der Waals surface area contributed by atoms with Crippen molar-refractivity contribution in [2.75, 3.05) is 0 Å². The molecule has 1 rings (SSSR count). The van der Waals surface area contributed by atoms with Gasteiger partial charge in [0.1, 0.15) is 0 Å². The van der Waals surface area contributed by atoms with Crippen LogP contribution < -0.4 is 0 Å². The van der Waals surface area contributed by atoms with Gasteiger partial charge in [0.2, 0.25) is 0 Å². The van der Waals surface area contributed by atoms with E-state index in [1.165, 1.54) is 19.3 Å². The molecule has 0 bridgehead atoms. The smallest absolute Gasteiger partial charge is 0.309 e. The quantitative estimate of drug-likeness (QED) is 0.453. The first-order valence-electron chi connectivity index (χ1n) is 5.46. The first kappa shape index (κ1) is 12.3. The van der Waals surface area contributed by atoms with Crippen LogP contribution in [0.25, 0.3) is 0 Å². The second-order valence-corrected chi connectivity index (χ2v) is 5.59. The number of ether oxygens (including phenoxy) is 1. The summed E-state index contributed by atoms with van der Waals surface area (Å²) in [5.41, 5.74) is 0. The lowest BCUT2D eigenvalue weighted by Gasteiger charge is -2.23. The lowest BCUT2D eigenvalue weighted by atomic mass is 9.89. The van der Waals surface area contributed by atoms with Crippen molar-refractivity contribution in [3.05, 3.63) is 0 Å². The third-order valence-corrected chi connectivity index (χ3v) is 4.38. The number of esters is 1. The largest absolute Gasteiger partial charge is 0.451 e. The van der Waals surface area contributed by atoms with Crippen molar-refractivity contribution in [2.45, 2.75) is 50.1 Å². The predicted molar refractivity (Wildman–Crippen MR) is 65.3 cm³/mol. The van der Waals surface area contributed by atoms with Crippen LogP contribution >= 0.6 is 22.6 Å². The lowest BCUT2D eigenvalue weighted by Crippen LogP contribution is -2.25. The Morgan fingerprint density at radius 1 is 1.29 bits per heavy atom. The molecule has 0 heterocycles. The van der Waals surface area contributed by atoms with E-state index < -0.39 is 0 Å². The highest BCUT2D eigenvalue weighted by Gasteiger charge is 2.25. The van der Waals surface area contributed by atoms with Gasteiger partial charge < -0.3 is 4.74 Å². The third-order valence-electron chi connectivity index (χ3n) is 2.69. The Bertz CT molecular complexity index is 186. The summed E-state index contributed by atoms with van der Waals surface area (Å²) in [5, 5.41) is 0. The molecule has 0 radical (unpaired) electrons. The Balaban J connectivity index is 2.33. The number of carbonyl (C=O) groups is 1. The van der Waals surface area contributed by atoms with E-state index in [0.29, 0.717) is 5.92 Å². The molecule has 0 aromatic rings. The van der Waals surface area contributed by atoms with Gasteiger partial charge in [-0.3, -0.25) is 4.79 Å². The molecule has 3 heteroatoms. The van der Waals surface area contributed by atoms with Crippen LogP contribution in [0, 0.1) is 11.8 Å². The molecule has 82 valence electrons. The molecule has 14 heavy (non-hydrogen) atoms. The highest BCUT2D eigenvalue weighted by molar-refractivity contribution is 14.1. The fourth-order valence-corrected chi connectivity index (χ4v) is 1.93. The van der Waals surface area contributed by atoms with Gasteiger partial charge in [0.15, 0.2) is 4.11 Å². The normalized spacial score (nSPS) is 20.9. The number of rotatable bonds is 3. The Morgan fingerprint density at radius 3 is 2.36 bits per heavy atom. The molecule has 1 aliphatic carbocycles. The fourth-order valence-electron chi connectivity index (χ4n) is 1.68. The summed E-state index contributed by atoms with van der Waals surface area (Å²) >= 11 is 2.20. The molecule has 0 saturated heterocycles. The van der Waals surface area contributed by atoms with Crippen molar-refractivity contribution < 1.29 is 9.53 Å². The third kappa shape index (κ3) is 3.75. The minimum absolute atomic E-state index is 0.0257. The van der Waals surface area contributed by atoms with Crippen molar-refractivity contribution >= 4 is 28.6 Å². The average molecular weight is 310 g/mol. The van der Waals surface area contributed by atoms with E-state index in [4.69, 9.17) is 4.74 Å². The molecule has 0 amide bonds. The minimum Gasteiger partial charge on any atom is -0.451 e. The molecule has 1 atom stereocenters. The van der Waals surface area contributed by atoms with Crippen LogP contribution in [0.15, 0.2) is 0 Å². The number of alkyl halides is 1. The Labute approximate surface area is 99.9 Å². The van der Waals surface area contributed by atoms with Crippen molar-refractivity contribution in [1.82, 2.24) is 0 Å². The zero-order valence-electron chi connectivity index (χ0n) is 8.96. The topological polar surface area (TPSA) is 26.3 Å². The van der Waals surface area contributed by atoms with E-state index in [2.05, 4.69) is 36.4 Å². The Morgan fingerprint density at radius 2 is 1.86 bits per heavy atom. The van der Waals surface area contributed by atoms with Gasteiger partial charge in [-0.2, -0.15) is 0 Å². The van der Waals surface area contributed by atoms with Crippen molar-refractivity contribution in [3.63, 3.8) is 0 Å². The van der Waals surface area contributed by atoms with Gasteiger partial charge in [0, 0.05) is 0 Å². The minimum atomic E-state index is 0.0257. The number of hydrogen-bond donors (Lipinski definition) is 0. The maximum Gasteiger partial charge on any atom is 0.309 e. The van der Waals surface area contributed by atoms with Crippen molar-refractivity contribution in [1.29, 1.82) is 0 Å². The molecular formula is C11H19IO2. The van der Waals surface area contributed by atoms with Crippen molar-refractivity contribution in [3.8, 4) is 0 Å². The first-order chi connectivity index (χ1) is 6.61. The number of halogens is 1. The molecule has 0 aromatic carbocycles. The summed E-state index contributed by atoms with van der Waals surface area (Å²) in [7, 11) is 0. The molecule has 0 aromatic heterocycles. The molecule has 2 nitrogen and oxygen atoms in total. The molecule has 0 spiro atoms. The Hall–Kier alpha value is 0.200. The molecule has 0 N–H and O–H groups in total. The summed E-state index contributed by atoms with van der Waals surface area (Å²) in [6.07, 6.45) is 5.71. The molecule has 1 aliphatic rings. The van der Waals surface area contributed by atoms with E-state index in [1.807, 2.05) is 0 Å². The summed E-state index contributed by atoms with van der Waals surface area (Å²) < 4.78 is 5.43. The summed E-state index contributed by atoms with van der Waals surface area (Å²) in [6.45, 7) is 4.15. The lowest BCUT2D eigenvalue weighted by molar-refractivity contribution is -0.151. The van der Waals surface area contributed by atoms with E-state index in [1.54, 1.807) is 0 Å². The summed E-state index contributed by atoms with van der Waals surface area (Å²) in [4.78, 5) is 11.7. The SMILES string of the molecule is CC(C)C(I)OC(=O)C1CCCCC1. The standard InChI is InChI=1S/C11H19IO2/c1-8(2)10(12)14-11(13)9-6-4-3-5-7-9/h8-10H,3-7H2,1-2H3. The van der Waals surface area contributed by atoms with Crippen LogP contribution in [-0.2, 0) is 9.53 Å². The first-order valence-corrected chi connectivity index (χ1v) is 6.70. The maximum absolute atomic E-state index is 11.7. The second-order valence-electron chi connectivity index (χ2n) is 4.37. The van der Waals surface area contributed by atoms with Crippen LogP contribution in [0.3, 0.4) is 0 Å². The van der Waals surface area contributed by atoms with Gasteiger partial charge in [0.25, 0.3) is 0 Å². The summed E-state index contributed by atoms with van der Waals surface area (Å²) in [6, 6.07) is 0. The van der Waals surface area contributed by atoms with Gasteiger partial charge in [-0.05, 0) is 41.4 Å². The van der Waals surface area contributed by atoms with Crippen LogP contribution in [0.1, 0.15) is 46.0 Å². The van der Waals surface area contributed by atoms with E-state index in [9.17, 15) is 4.79 Å². The van der Waals surface area contributed by atoms with Crippen molar-refractivity contribution in [2.24, 2.45) is 11.8 Å².